The average molecular weight is 207 g/mol. The summed E-state index contributed by atoms with van der Waals surface area (Å²) in [6, 6.07) is 8.16. The zero-order valence-electron chi connectivity index (χ0n) is 7.68. The molecule has 0 fully saturated rings. The number of hydrogen-bond acceptors (Lipinski definition) is 3. The van der Waals surface area contributed by atoms with Crippen LogP contribution in [0.15, 0.2) is 36.4 Å². The van der Waals surface area contributed by atoms with Crippen LogP contribution in [0.2, 0.25) is 0 Å². The normalized spacial score (nSPS) is 10.9. The summed E-state index contributed by atoms with van der Waals surface area (Å²) in [5.74, 6) is -2.11. The highest BCUT2D eigenvalue weighted by Crippen LogP contribution is 2.13. The van der Waals surface area contributed by atoms with E-state index in [4.69, 9.17) is 10.3 Å². The summed E-state index contributed by atoms with van der Waals surface area (Å²) >= 11 is 0. The quantitative estimate of drug-likeness (QED) is 0.386. The minimum Gasteiger partial charge on any atom is -0.478 e. The van der Waals surface area contributed by atoms with E-state index in [0.717, 1.165) is 6.08 Å². The van der Waals surface area contributed by atoms with Gasteiger partial charge in [-0.15, -0.1) is 0 Å². The third-order valence-corrected chi connectivity index (χ3v) is 1.70. The number of rotatable bonds is 3. The van der Waals surface area contributed by atoms with Crippen molar-refractivity contribution in [3.05, 3.63) is 42.0 Å². The van der Waals surface area contributed by atoms with E-state index >= 15 is 0 Å². The second-order valence-electron chi connectivity index (χ2n) is 2.71. The second-order valence-corrected chi connectivity index (χ2v) is 2.71. The summed E-state index contributed by atoms with van der Waals surface area (Å²) in [5, 5.41) is 17.1. The van der Waals surface area contributed by atoms with Crippen LogP contribution >= 0.6 is 0 Å². The Morgan fingerprint density at radius 3 is 2.27 bits per heavy atom. The molecule has 1 aromatic rings. The number of carboxylic acid groups (broad SMARTS) is 1. The molecule has 0 saturated carbocycles. The lowest BCUT2D eigenvalue weighted by molar-refractivity contribution is -0.131. The molecule has 1 rings (SSSR count). The van der Waals surface area contributed by atoms with Gasteiger partial charge < -0.3 is 5.11 Å². The van der Waals surface area contributed by atoms with Crippen LogP contribution in [0.4, 0.5) is 0 Å². The van der Waals surface area contributed by atoms with Gasteiger partial charge in [0.25, 0.3) is 5.91 Å². The summed E-state index contributed by atoms with van der Waals surface area (Å²) in [6.07, 6.45) is 0.817. The molecule has 0 saturated heterocycles. The van der Waals surface area contributed by atoms with Crippen molar-refractivity contribution in [3.8, 4) is 0 Å². The highest BCUT2D eigenvalue weighted by molar-refractivity contribution is 6.20. The third-order valence-electron chi connectivity index (χ3n) is 1.70. The van der Waals surface area contributed by atoms with E-state index in [0.29, 0.717) is 5.56 Å². The van der Waals surface area contributed by atoms with E-state index in [1.807, 2.05) is 0 Å². The molecule has 78 valence electrons. The number of carboxylic acids is 1. The van der Waals surface area contributed by atoms with E-state index < -0.39 is 11.9 Å². The first-order valence-corrected chi connectivity index (χ1v) is 4.09. The van der Waals surface area contributed by atoms with Crippen LogP contribution in [-0.4, -0.2) is 22.2 Å². The molecule has 0 aliphatic rings. The van der Waals surface area contributed by atoms with Gasteiger partial charge >= 0.3 is 5.97 Å². The van der Waals surface area contributed by atoms with E-state index in [1.165, 1.54) is 5.48 Å². The van der Waals surface area contributed by atoms with Crippen molar-refractivity contribution in [2.75, 3.05) is 0 Å². The van der Waals surface area contributed by atoms with Crippen molar-refractivity contribution in [1.29, 1.82) is 0 Å². The molecule has 1 aromatic carbocycles. The Bertz CT molecular complexity index is 397. The Kier molecular flexibility index (Phi) is 3.59. The van der Waals surface area contributed by atoms with Crippen LogP contribution in [-0.2, 0) is 9.59 Å². The van der Waals surface area contributed by atoms with E-state index in [2.05, 4.69) is 0 Å². The molecule has 0 heterocycles. The Morgan fingerprint density at radius 1 is 1.20 bits per heavy atom. The number of carbonyl (C=O) groups is 2. The largest absolute Gasteiger partial charge is 0.478 e. The number of aliphatic carboxylic acids is 1. The van der Waals surface area contributed by atoms with Crippen LogP contribution in [0.25, 0.3) is 5.57 Å². The fourth-order valence-corrected chi connectivity index (χ4v) is 1.05. The van der Waals surface area contributed by atoms with Gasteiger partial charge in [0.15, 0.2) is 0 Å². The predicted octanol–water partition coefficient (Wildman–Crippen LogP) is 0.660. The lowest BCUT2D eigenvalue weighted by Gasteiger charge is -2.01. The highest BCUT2D eigenvalue weighted by Gasteiger charge is 2.11. The smallest absolute Gasteiger partial charge is 0.336 e. The lowest BCUT2D eigenvalue weighted by atomic mass is 10.1. The molecular weight excluding hydrogens is 198 g/mol. The Labute approximate surface area is 85.6 Å². The maximum atomic E-state index is 10.8. The van der Waals surface area contributed by atoms with Gasteiger partial charge in [0.2, 0.25) is 0 Å². The fraction of sp³-hybridized carbons (Fsp3) is 0. The maximum absolute atomic E-state index is 10.8. The number of hydrogen-bond donors (Lipinski definition) is 3. The number of amides is 1. The van der Waals surface area contributed by atoms with E-state index in [1.54, 1.807) is 30.3 Å². The predicted molar refractivity (Wildman–Crippen MR) is 52.0 cm³/mol. The van der Waals surface area contributed by atoms with E-state index in [9.17, 15) is 9.59 Å². The summed E-state index contributed by atoms with van der Waals surface area (Å²) in [7, 11) is 0. The number of nitrogens with one attached hydrogen (secondary N) is 1. The van der Waals surface area contributed by atoms with Crippen molar-refractivity contribution in [3.63, 3.8) is 0 Å². The summed E-state index contributed by atoms with van der Waals surface area (Å²) in [6.45, 7) is 0. The molecule has 0 atom stereocenters. The van der Waals surface area contributed by atoms with Gasteiger partial charge in [-0.05, 0) is 5.56 Å². The van der Waals surface area contributed by atoms with Gasteiger partial charge in [-0.1, -0.05) is 30.3 Å². The summed E-state index contributed by atoms with van der Waals surface area (Å²) < 4.78 is 0. The van der Waals surface area contributed by atoms with Crippen LogP contribution in [0, 0.1) is 0 Å². The molecule has 0 spiro atoms. The average Bonchev–Trinajstić information content (AvgIpc) is 2.26. The van der Waals surface area contributed by atoms with Crippen LogP contribution in [0.3, 0.4) is 0 Å². The minimum absolute atomic E-state index is 0.179. The van der Waals surface area contributed by atoms with Gasteiger partial charge in [0.1, 0.15) is 0 Å². The first kappa shape index (κ1) is 10.9. The molecule has 1 amide bonds. The minimum atomic E-state index is -1.23. The zero-order valence-corrected chi connectivity index (χ0v) is 7.68. The topological polar surface area (TPSA) is 86.6 Å². The molecule has 5 heteroatoms. The standard InChI is InChI=1S/C10H9NO4/c12-9(11-15)6-8(10(13)14)7-4-2-1-3-5-7/h1-6,15H,(H,11,12)(H,13,14). The van der Waals surface area contributed by atoms with Crippen molar-refractivity contribution >= 4 is 17.4 Å². The molecule has 5 nitrogen and oxygen atoms in total. The van der Waals surface area contributed by atoms with Crippen LogP contribution in [0.5, 0.6) is 0 Å². The summed E-state index contributed by atoms with van der Waals surface area (Å²) in [4.78, 5) is 21.6. The molecule has 15 heavy (non-hydrogen) atoms. The van der Waals surface area contributed by atoms with Gasteiger partial charge in [0, 0.05) is 6.08 Å². The van der Waals surface area contributed by atoms with Gasteiger partial charge in [0.05, 0.1) is 5.57 Å². The molecular formula is C10H9NO4. The van der Waals surface area contributed by atoms with Gasteiger partial charge in [-0.25, -0.2) is 10.3 Å². The number of carbonyl (C=O) groups excluding carboxylic acids is 1. The second kappa shape index (κ2) is 4.92. The molecule has 0 unspecified atom stereocenters. The molecule has 0 aromatic heterocycles. The van der Waals surface area contributed by atoms with Crippen LogP contribution in [0.1, 0.15) is 5.56 Å². The monoisotopic (exact) mass is 207 g/mol. The number of benzene rings is 1. The highest BCUT2D eigenvalue weighted by atomic mass is 16.5. The van der Waals surface area contributed by atoms with Crippen LogP contribution < -0.4 is 5.48 Å². The number of hydroxylamine groups is 1. The Balaban J connectivity index is 3.10. The Hall–Kier alpha value is -2.14. The van der Waals surface area contributed by atoms with Crippen molar-refractivity contribution < 1.29 is 19.9 Å². The SMILES string of the molecule is O=C(C=C(C(=O)O)c1ccccc1)NO. The van der Waals surface area contributed by atoms with Gasteiger partial charge in [-0.3, -0.25) is 10.0 Å². The van der Waals surface area contributed by atoms with Crippen molar-refractivity contribution in [1.82, 2.24) is 5.48 Å². The maximum Gasteiger partial charge on any atom is 0.336 e. The molecule has 3 N–H and O–H groups in total. The van der Waals surface area contributed by atoms with Gasteiger partial charge in [-0.2, -0.15) is 0 Å². The van der Waals surface area contributed by atoms with Crippen molar-refractivity contribution in [2.24, 2.45) is 0 Å². The summed E-state index contributed by atoms with van der Waals surface area (Å²) in [5.41, 5.74) is 1.56. The third kappa shape index (κ3) is 2.92. The van der Waals surface area contributed by atoms with E-state index in [-0.39, 0.29) is 5.57 Å². The fourth-order valence-electron chi connectivity index (χ4n) is 1.05. The van der Waals surface area contributed by atoms with Crippen molar-refractivity contribution in [2.45, 2.75) is 0 Å². The lowest BCUT2D eigenvalue weighted by Crippen LogP contribution is -2.17. The Morgan fingerprint density at radius 2 is 1.80 bits per heavy atom. The molecule has 0 aliphatic carbocycles. The first-order valence-electron chi connectivity index (χ1n) is 4.09. The molecule has 0 radical (unpaired) electrons. The molecule has 0 bridgehead atoms. The molecule has 0 aliphatic heterocycles. The zero-order chi connectivity index (χ0) is 11.3. The first-order chi connectivity index (χ1) is 7.15.